The van der Waals surface area contributed by atoms with Crippen LogP contribution < -0.4 is 0 Å². The fraction of sp³-hybridized carbons (Fsp3) is 0.0526. The molecular formula is C19H13FO2. The molecule has 0 aliphatic heterocycles. The molecule has 4 aromatic carbocycles. The number of benzene rings is 4. The molecule has 0 aliphatic carbocycles. The Morgan fingerprint density at radius 1 is 0.727 bits per heavy atom. The smallest absolute Gasteiger partial charge is 0.165 e. The lowest BCUT2D eigenvalue weighted by Gasteiger charge is -2.11. The van der Waals surface area contributed by atoms with Crippen molar-refractivity contribution in [2.24, 2.45) is 0 Å². The van der Waals surface area contributed by atoms with E-state index in [1.54, 1.807) is 18.2 Å². The molecule has 4 aromatic rings. The molecule has 0 saturated heterocycles. The minimum atomic E-state index is -0.271. The van der Waals surface area contributed by atoms with Crippen molar-refractivity contribution in [1.82, 2.24) is 0 Å². The summed E-state index contributed by atoms with van der Waals surface area (Å²) in [6, 6.07) is 13.7. The van der Waals surface area contributed by atoms with Crippen molar-refractivity contribution < 1.29 is 14.6 Å². The predicted molar refractivity (Wildman–Crippen MR) is 87.0 cm³/mol. The summed E-state index contributed by atoms with van der Waals surface area (Å²) in [5.74, 6) is -0.543. The fourth-order valence-corrected chi connectivity index (χ4v) is 3.18. The molecule has 2 nitrogen and oxygen atoms in total. The molecule has 0 fully saturated rings. The minimum absolute atomic E-state index is 0.128. The molecule has 2 N–H and O–H groups in total. The standard InChI is InChI=1S/C19H13FO2/c1-10-13-3-2-12(20)8-11(13)9-17-14(10)4-5-16-15(17)6-7-18(21)19(16)22/h2-9,21-22H,1H3. The molecule has 0 unspecified atom stereocenters. The Balaban J connectivity index is 2.26. The Morgan fingerprint density at radius 3 is 2.23 bits per heavy atom. The number of aryl methyl sites for hydroxylation is 1. The van der Waals surface area contributed by atoms with E-state index in [-0.39, 0.29) is 17.3 Å². The zero-order valence-electron chi connectivity index (χ0n) is 11.9. The Hall–Kier alpha value is -2.81. The van der Waals surface area contributed by atoms with Gasteiger partial charge in [-0.05, 0) is 75.8 Å². The molecule has 0 aromatic heterocycles. The van der Waals surface area contributed by atoms with Crippen molar-refractivity contribution in [2.75, 3.05) is 0 Å². The van der Waals surface area contributed by atoms with Crippen LogP contribution in [0, 0.1) is 12.7 Å². The summed E-state index contributed by atoms with van der Waals surface area (Å²) in [6.45, 7) is 2.01. The van der Waals surface area contributed by atoms with E-state index >= 15 is 0 Å². The van der Waals surface area contributed by atoms with E-state index in [1.807, 2.05) is 19.1 Å². The zero-order chi connectivity index (χ0) is 15.4. The number of aromatic hydroxyl groups is 2. The Bertz CT molecular complexity index is 1070. The van der Waals surface area contributed by atoms with Crippen LogP contribution in [0.25, 0.3) is 32.3 Å². The maximum absolute atomic E-state index is 13.5. The largest absolute Gasteiger partial charge is 0.504 e. The van der Waals surface area contributed by atoms with Crippen LogP contribution in [0.3, 0.4) is 0 Å². The van der Waals surface area contributed by atoms with Gasteiger partial charge in [0, 0.05) is 5.39 Å². The summed E-state index contributed by atoms with van der Waals surface area (Å²) in [5.41, 5.74) is 1.07. The molecule has 4 rings (SSSR count). The molecule has 3 heteroatoms. The van der Waals surface area contributed by atoms with Gasteiger partial charge in [-0.2, -0.15) is 0 Å². The number of fused-ring (bicyclic) bond motifs is 4. The molecule has 108 valence electrons. The number of phenols is 2. The highest BCUT2D eigenvalue weighted by atomic mass is 19.1. The number of hydrogen-bond acceptors (Lipinski definition) is 2. The van der Waals surface area contributed by atoms with Gasteiger partial charge in [0.25, 0.3) is 0 Å². The van der Waals surface area contributed by atoms with E-state index in [9.17, 15) is 14.6 Å². The van der Waals surface area contributed by atoms with Crippen LogP contribution in [-0.4, -0.2) is 10.2 Å². The van der Waals surface area contributed by atoms with Crippen molar-refractivity contribution in [3.63, 3.8) is 0 Å². The average molecular weight is 292 g/mol. The molecule has 0 saturated carbocycles. The first-order chi connectivity index (χ1) is 10.6. The lowest BCUT2D eigenvalue weighted by Crippen LogP contribution is -1.86. The summed E-state index contributed by atoms with van der Waals surface area (Å²) in [5, 5.41) is 24.9. The van der Waals surface area contributed by atoms with Gasteiger partial charge in [-0.25, -0.2) is 4.39 Å². The maximum Gasteiger partial charge on any atom is 0.165 e. The lowest BCUT2D eigenvalue weighted by atomic mass is 9.94. The van der Waals surface area contributed by atoms with Gasteiger partial charge in [0.05, 0.1) is 0 Å². The topological polar surface area (TPSA) is 40.5 Å². The van der Waals surface area contributed by atoms with Crippen molar-refractivity contribution >= 4 is 32.3 Å². The predicted octanol–water partition coefficient (Wildman–Crippen LogP) is 5.00. The second kappa shape index (κ2) is 4.34. The van der Waals surface area contributed by atoms with Gasteiger partial charge in [0.1, 0.15) is 5.82 Å². The van der Waals surface area contributed by atoms with Crippen LogP contribution in [0.4, 0.5) is 4.39 Å². The highest BCUT2D eigenvalue weighted by Gasteiger charge is 2.11. The Labute approximate surface area is 126 Å². The third-order valence-corrected chi connectivity index (χ3v) is 4.31. The maximum atomic E-state index is 13.5. The Kier molecular flexibility index (Phi) is 2.54. The van der Waals surface area contributed by atoms with Crippen molar-refractivity contribution in [3.8, 4) is 11.5 Å². The third kappa shape index (κ3) is 1.65. The molecule has 0 aliphatic rings. The van der Waals surface area contributed by atoms with E-state index in [4.69, 9.17) is 0 Å². The SMILES string of the molecule is Cc1c2ccc(F)cc2cc2c1ccc1c(O)c(O)ccc12. The summed E-state index contributed by atoms with van der Waals surface area (Å²) in [6.07, 6.45) is 0. The molecule has 0 radical (unpaired) electrons. The second-order valence-corrected chi connectivity index (χ2v) is 5.56. The van der Waals surface area contributed by atoms with Crippen LogP contribution in [0.15, 0.2) is 48.5 Å². The molecule has 0 spiro atoms. The quantitative estimate of drug-likeness (QED) is 0.272. The van der Waals surface area contributed by atoms with Crippen molar-refractivity contribution in [2.45, 2.75) is 6.92 Å². The summed E-state index contributed by atoms with van der Waals surface area (Å²) in [4.78, 5) is 0. The van der Waals surface area contributed by atoms with E-state index in [2.05, 4.69) is 0 Å². The number of halogens is 1. The Morgan fingerprint density at radius 2 is 1.41 bits per heavy atom. The van der Waals surface area contributed by atoms with Crippen LogP contribution in [-0.2, 0) is 0 Å². The molecule has 0 atom stereocenters. The normalized spacial score (nSPS) is 11.5. The van der Waals surface area contributed by atoms with Crippen LogP contribution in [0.1, 0.15) is 5.56 Å². The van der Waals surface area contributed by atoms with Gasteiger partial charge in [-0.3, -0.25) is 0 Å². The molecule has 0 heterocycles. The third-order valence-electron chi connectivity index (χ3n) is 4.31. The number of hydrogen-bond donors (Lipinski definition) is 2. The van der Waals surface area contributed by atoms with E-state index in [0.717, 1.165) is 32.5 Å². The highest BCUT2D eigenvalue weighted by molar-refractivity contribution is 6.15. The minimum Gasteiger partial charge on any atom is -0.504 e. The molecular weight excluding hydrogens is 279 g/mol. The zero-order valence-corrected chi connectivity index (χ0v) is 11.9. The van der Waals surface area contributed by atoms with Crippen LogP contribution >= 0.6 is 0 Å². The van der Waals surface area contributed by atoms with Gasteiger partial charge in [0.15, 0.2) is 11.5 Å². The summed E-state index contributed by atoms with van der Waals surface area (Å²) in [7, 11) is 0. The fourth-order valence-electron chi connectivity index (χ4n) is 3.18. The number of phenolic OH excluding ortho intramolecular Hbond substituents is 2. The lowest BCUT2D eigenvalue weighted by molar-refractivity contribution is 0.408. The van der Waals surface area contributed by atoms with E-state index in [1.165, 1.54) is 18.2 Å². The first-order valence-electron chi connectivity index (χ1n) is 7.02. The van der Waals surface area contributed by atoms with Crippen LogP contribution in [0.2, 0.25) is 0 Å². The van der Waals surface area contributed by atoms with Gasteiger partial charge in [-0.15, -0.1) is 0 Å². The summed E-state index contributed by atoms with van der Waals surface area (Å²) >= 11 is 0. The van der Waals surface area contributed by atoms with Crippen molar-refractivity contribution in [1.29, 1.82) is 0 Å². The van der Waals surface area contributed by atoms with E-state index in [0.29, 0.717) is 5.39 Å². The van der Waals surface area contributed by atoms with Gasteiger partial charge in [0.2, 0.25) is 0 Å². The van der Waals surface area contributed by atoms with Gasteiger partial charge < -0.3 is 10.2 Å². The second-order valence-electron chi connectivity index (χ2n) is 5.56. The van der Waals surface area contributed by atoms with Gasteiger partial charge >= 0.3 is 0 Å². The number of rotatable bonds is 0. The highest BCUT2D eigenvalue weighted by Crippen LogP contribution is 2.39. The van der Waals surface area contributed by atoms with Crippen molar-refractivity contribution in [3.05, 3.63) is 59.9 Å². The van der Waals surface area contributed by atoms with E-state index < -0.39 is 0 Å². The van der Waals surface area contributed by atoms with Crippen LogP contribution in [0.5, 0.6) is 11.5 Å². The molecule has 0 amide bonds. The average Bonchev–Trinajstić information content (AvgIpc) is 2.50. The molecule has 0 bridgehead atoms. The summed E-state index contributed by atoms with van der Waals surface area (Å²) < 4.78 is 13.5. The molecule has 22 heavy (non-hydrogen) atoms. The monoisotopic (exact) mass is 292 g/mol. The first kappa shape index (κ1) is 12.9. The first-order valence-corrected chi connectivity index (χ1v) is 7.02. The van der Waals surface area contributed by atoms with Gasteiger partial charge in [-0.1, -0.05) is 12.1 Å².